The molecule has 1 aromatic heterocycles. The van der Waals surface area contributed by atoms with Crippen molar-refractivity contribution in [1.29, 1.82) is 0 Å². The fourth-order valence-electron chi connectivity index (χ4n) is 3.26. The van der Waals surface area contributed by atoms with Crippen LogP contribution in [0.1, 0.15) is 65.0 Å². The van der Waals surface area contributed by atoms with E-state index < -0.39 is 5.60 Å². The predicted octanol–water partition coefficient (Wildman–Crippen LogP) is 4.39. The average Bonchev–Trinajstić information content (AvgIpc) is 2.53. The van der Waals surface area contributed by atoms with Gasteiger partial charge in [-0.2, -0.15) is 0 Å². The van der Waals surface area contributed by atoms with Crippen LogP contribution in [0.3, 0.4) is 0 Å². The van der Waals surface area contributed by atoms with Crippen LogP contribution in [0.5, 0.6) is 0 Å². The van der Waals surface area contributed by atoms with Gasteiger partial charge in [-0.3, -0.25) is 9.80 Å². The van der Waals surface area contributed by atoms with E-state index >= 15 is 0 Å². The average molecular weight is 333 g/mol. The molecule has 0 radical (unpaired) electrons. The van der Waals surface area contributed by atoms with E-state index in [1.165, 1.54) is 12.8 Å². The summed E-state index contributed by atoms with van der Waals surface area (Å²) in [7, 11) is 1.74. The monoisotopic (exact) mass is 333 g/mol. The molecule has 0 unspecified atom stereocenters. The van der Waals surface area contributed by atoms with Crippen molar-refractivity contribution in [2.45, 2.75) is 65.0 Å². The molecule has 2 heterocycles. The first kappa shape index (κ1) is 18.7. The normalized spacial score (nSPS) is 19.1. The molecule has 1 aromatic rings. The number of carbonyl (C=O) groups is 1. The van der Waals surface area contributed by atoms with Crippen molar-refractivity contribution in [3.05, 3.63) is 23.9 Å². The molecule has 0 aromatic carbocycles. The van der Waals surface area contributed by atoms with Crippen molar-refractivity contribution in [3.63, 3.8) is 0 Å². The number of carbonyl (C=O) groups excluding carboxylic acids is 1. The van der Waals surface area contributed by atoms with Gasteiger partial charge in [0.25, 0.3) is 0 Å². The molecule has 1 amide bonds. The Labute approximate surface area is 146 Å². The van der Waals surface area contributed by atoms with E-state index in [2.05, 4.69) is 22.9 Å². The molecule has 2 rings (SSSR count). The minimum atomic E-state index is -0.515. The lowest BCUT2D eigenvalue weighted by Crippen LogP contribution is -2.38. The van der Waals surface area contributed by atoms with Crippen LogP contribution in [0.15, 0.2) is 18.3 Å². The van der Waals surface area contributed by atoms with Crippen LogP contribution in [0.25, 0.3) is 0 Å². The first-order chi connectivity index (χ1) is 11.3. The molecule has 24 heavy (non-hydrogen) atoms. The van der Waals surface area contributed by atoms with Crippen molar-refractivity contribution in [3.8, 4) is 0 Å². The lowest BCUT2D eigenvalue weighted by atomic mass is 9.95. The van der Waals surface area contributed by atoms with E-state index in [1.54, 1.807) is 18.1 Å². The van der Waals surface area contributed by atoms with Crippen molar-refractivity contribution in [2.75, 3.05) is 25.0 Å². The van der Waals surface area contributed by atoms with Gasteiger partial charge < -0.3 is 4.74 Å². The smallest absolute Gasteiger partial charge is 0.415 e. The van der Waals surface area contributed by atoms with Gasteiger partial charge in [-0.05, 0) is 59.2 Å². The summed E-state index contributed by atoms with van der Waals surface area (Å²) in [6.07, 6.45) is 6.09. The van der Waals surface area contributed by atoms with Crippen LogP contribution < -0.4 is 4.90 Å². The van der Waals surface area contributed by atoms with E-state index in [9.17, 15) is 4.79 Å². The van der Waals surface area contributed by atoms with Gasteiger partial charge in [0, 0.05) is 24.8 Å². The van der Waals surface area contributed by atoms with Gasteiger partial charge >= 0.3 is 6.09 Å². The number of hydrogen-bond donors (Lipinski definition) is 0. The van der Waals surface area contributed by atoms with Crippen molar-refractivity contribution < 1.29 is 9.53 Å². The zero-order chi connectivity index (χ0) is 17.7. The van der Waals surface area contributed by atoms with Gasteiger partial charge in [-0.1, -0.05) is 19.4 Å². The maximum Gasteiger partial charge on any atom is 0.415 e. The molecule has 1 saturated heterocycles. The lowest BCUT2D eigenvalue weighted by Gasteiger charge is -2.37. The largest absolute Gasteiger partial charge is 0.443 e. The third kappa shape index (κ3) is 4.69. The first-order valence-electron chi connectivity index (χ1n) is 8.99. The Bertz CT molecular complexity index is 552. The number of nitrogens with zero attached hydrogens (tertiary/aromatic N) is 3. The maximum absolute atomic E-state index is 12.5. The third-order valence-corrected chi connectivity index (χ3v) is 4.29. The van der Waals surface area contributed by atoms with Gasteiger partial charge in [0.05, 0.1) is 0 Å². The summed E-state index contributed by atoms with van der Waals surface area (Å²) in [6.45, 7) is 10.0. The number of piperidine rings is 1. The fourth-order valence-corrected chi connectivity index (χ4v) is 3.26. The molecular formula is C19H31N3O2. The molecule has 1 atom stereocenters. The van der Waals surface area contributed by atoms with E-state index in [0.717, 1.165) is 31.5 Å². The minimum absolute atomic E-state index is 0.326. The predicted molar refractivity (Wildman–Crippen MR) is 97.3 cm³/mol. The molecule has 1 aliphatic heterocycles. The number of anilines is 1. The third-order valence-electron chi connectivity index (χ3n) is 4.29. The highest BCUT2D eigenvalue weighted by Gasteiger charge is 2.29. The van der Waals surface area contributed by atoms with E-state index in [4.69, 9.17) is 4.74 Å². The summed E-state index contributed by atoms with van der Waals surface area (Å²) in [6, 6.07) is 4.38. The zero-order valence-electron chi connectivity index (χ0n) is 15.7. The van der Waals surface area contributed by atoms with Gasteiger partial charge in [0.15, 0.2) is 0 Å². The number of pyridine rings is 1. The summed E-state index contributed by atoms with van der Waals surface area (Å²) in [5.74, 6) is 0.708. The summed E-state index contributed by atoms with van der Waals surface area (Å²) >= 11 is 0. The highest BCUT2D eigenvalue weighted by molar-refractivity contribution is 5.87. The Morgan fingerprint density at radius 2 is 2.17 bits per heavy atom. The Hall–Kier alpha value is -1.62. The second-order valence-corrected chi connectivity index (χ2v) is 7.50. The van der Waals surface area contributed by atoms with Crippen LogP contribution in [-0.4, -0.2) is 41.7 Å². The number of amides is 1. The Morgan fingerprint density at radius 1 is 1.42 bits per heavy atom. The first-order valence-corrected chi connectivity index (χ1v) is 8.99. The number of hydrogen-bond acceptors (Lipinski definition) is 4. The lowest BCUT2D eigenvalue weighted by molar-refractivity contribution is 0.0587. The molecule has 0 N–H and O–H groups in total. The Morgan fingerprint density at radius 3 is 2.83 bits per heavy atom. The van der Waals surface area contributed by atoms with Crippen molar-refractivity contribution in [2.24, 2.45) is 0 Å². The van der Waals surface area contributed by atoms with Gasteiger partial charge in [0.1, 0.15) is 11.4 Å². The molecule has 0 spiro atoms. The topological polar surface area (TPSA) is 45.7 Å². The van der Waals surface area contributed by atoms with Crippen LogP contribution >= 0.6 is 0 Å². The SMILES string of the molecule is CCCN1CCCC[C@@H]1c1cccnc1N(C)C(=O)OC(C)(C)C. The summed E-state index contributed by atoms with van der Waals surface area (Å²) in [5.41, 5.74) is 0.610. The standard InChI is InChI=1S/C19H31N3O2/c1-6-13-22-14-8-7-11-16(22)15-10-9-12-20-17(15)21(5)18(23)24-19(2,3)4/h9-10,12,16H,6-8,11,13-14H2,1-5H3/t16-/m1/s1. The van der Waals surface area contributed by atoms with Gasteiger partial charge in [-0.15, -0.1) is 0 Å². The molecule has 5 nitrogen and oxygen atoms in total. The second-order valence-electron chi connectivity index (χ2n) is 7.50. The molecule has 5 heteroatoms. The van der Waals surface area contributed by atoms with Crippen LogP contribution in [0.4, 0.5) is 10.6 Å². The molecular weight excluding hydrogens is 302 g/mol. The Balaban J connectivity index is 2.27. The van der Waals surface area contributed by atoms with Gasteiger partial charge in [-0.25, -0.2) is 9.78 Å². The van der Waals surface area contributed by atoms with E-state index in [0.29, 0.717) is 11.9 Å². The van der Waals surface area contributed by atoms with Crippen molar-refractivity contribution in [1.82, 2.24) is 9.88 Å². The number of aromatic nitrogens is 1. The molecule has 1 aliphatic rings. The quantitative estimate of drug-likeness (QED) is 0.820. The highest BCUT2D eigenvalue weighted by atomic mass is 16.6. The maximum atomic E-state index is 12.5. The number of rotatable bonds is 4. The molecule has 0 saturated carbocycles. The molecule has 1 fully saturated rings. The van der Waals surface area contributed by atoms with Crippen LogP contribution in [0.2, 0.25) is 0 Å². The zero-order valence-corrected chi connectivity index (χ0v) is 15.7. The van der Waals surface area contributed by atoms with E-state index in [-0.39, 0.29) is 6.09 Å². The van der Waals surface area contributed by atoms with Gasteiger partial charge in [0.2, 0.25) is 0 Å². The summed E-state index contributed by atoms with van der Waals surface area (Å²) < 4.78 is 5.50. The summed E-state index contributed by atoms with van der Waals surface area (Å²) in [4.78, 5) is 21.0. The fraction of sp³-hybridized carbons (Fsp3) is 0.684. The molecule has 0 aliphatic carbocycles. The highest BCUT2D eigenvalue weighted by Crippen LogP contribution is 2.35. The van der Waals surface area contributed by atoms with Crippen LogP contribution in [0, 0.1) is 0 Å². The number of likely N-dealkylation sites (tertiary alicyclic amines) is 1. The number of ether oxygens (including phenoxy) is 1. The minimum Gasteiger partial charge on any atom is -0.443 e. The molecule has 0 bridgehead atoms. The summed E-state index contributed by atoms with van der Waals surface area (Å²) in [5, 5.41) is 0. The van der Waals surface area contributed by atoms with E-state index in [1.807, 2.05) is 26.8 Å². The molecule has 134 valence electrons. The second kappa shape index (κ2) is 7.97. The van der Waals surface area contributed by atoms with Crippen LogP contribution in [-0.2, 0) is 4.74 Å². The Kier molecular flexibility index (Phi) is 6.21. The van der Waals surface area contributed by atoms with Crippen molar-refractivity contribution >= 4 is 11.9 Å².